The second-order valence-corrected chi connectivity index (χ2v) is 20.0. The summed E-state index contributed by atoms with van der Waals surface area (Å²) in [5.74, 6) is -1.72. The fourth-order valence-electron chi connectivity index (χ4n) is 7.08. The van der Waals surface area contributed by atoms with E-state index in [0.717, 1.165) is 68.4 Å². The molecule has 3 atom stereocenters. The van der Waals surface area contributed by atoms with E-state index in [1.807, 2.05) is 0 Å². The summed E-state index contributed by atoms with van der Waals surface area (Å²) in [4.78, 5) is 85.6. The fraction of sp³-hybridized carbons (Fsp3) is 0.878. The molecule has 1 aliphatic rings. The molecule has 0 aliphatic carbocycles. The number of hydrogen-bond donors (Lipinski definition) is 1. The lowest BCUT2D eigenvalue weighted by molar-refractivity contribution is -0.161. The second-order valence-electron chi connectivity index (χ2n) is 17.2. The predicted octanol–water partition coefficient (Wildman–Crippen LogP) is 9.76. The van der Waals surface area contributed by atoms with E-state index in [0.29, 0.717) is 12.8 Å². The van der Waals surface area contributed by atoms with Crippen LogP contribution in [-0.4, -0.2) is 129 Å². The zero-order chi connectivity index (χ0) is 49.9. The molecule has 0 bridgehead atoms. The summed E-state index contributed by atoms with van der Waals surface area (Å²) in [6.45, 7) is 5.94. The molecule has 3 unspecified atom stereocenters. The molecule has 0 spiro atoms. The molecule has 0 aromatic carbocycles. The first-order valence-corrected chi connectivity index (χ1v) is 28.4. The van der Waals surface area contributed by atoms with Gasteiger partial charge in [-0.05, 0) is 31.4 Å². The lowest BCUT2D eigenvalue weighted by Crippen LogP contribution is -2.33. The highest BCUT2D eigenvalue weighted by Crippen LogP contribution is 2.43. The minimum atomic E-state index is -4.61. The number of thioether (sulfide) groups is 1. The van der Waals surface area contributed by atoms with Crippen molar-refractivity contribution in [1.29, 1.82) is 0 Å². The van der Waals surface area contributed by atoms with Gasteiger partial charge >= 0.3 is 31.7 Å². The Balaban J connectivity index is 2.25. The van der Waals surface area contributed by atoms with E-state index in [2.05, 4.69) is 20.8 Å². The second kappa shape index (κ2) is 43.2. The van der Waals surface area contributed by atoms with Crippen LogP contribution in [0.1, 0.15) is 194 Å². The van der Waals surface area contributed by atoms with E-state index in [9.17, 15) is 38.2 Å². The Labute approximate surface area is 411 Å². The number of amides is 2. The van der Waals surface area contributed by atoms with Gasteiger partial charge in [0.1, 0.15) is 19.8 Å². The standard InChI is InChI=1S/C49H88NO16PS/c1-4-7-10-12-14-16-18-20-22-26-46(53)63-40-42(66-48(55)27-23-21-19-17-15-13-11-8-5-2)41-65-67(57,58)64-31-25-28-45(52)61-36-34-59-32-33-60-35-37-62-47(54)29-30-50-44(51)39-43(49(50)56)68-38-24-9-6-3/h42-43H,4-41H2,1-3H3,(H,57,58). The molecule has 0 radical (unpaired) electrons. The summed E-state index contributed by atoms with van der Waals surface area (Å²) in [6.07, 6.45) is 22.2. The topological polar surface area (TPSA) is 217 Å². The Morgan fingerprint density at radius 3 is 1.57 bits per heavy atom. The van der Waals surface area contributed by atoms with Gasteiger partial charge in [-0.2, -0.15) is 0 Å². The summed E-state index contributed by atoms with van der Waals surface area (Å²) < 4.78 is 54.7. The van der Waals surface area contributed by atoms with Crippen molar-refractivity contribution < 1.29 is 75.7 Å². The molecule has 2 amide bonds. The number of esters is 4. The molecule has 0 aromatic rings. The summed E-state index contributed by atoms with van der Waals surface area (Å²) in [6, 6.07) is 0. The van der Waals surface area contributed by atoms with Crippen LogP contribution in [0.15, 0.2) is 0 Å². The van der Waals surface area contributed by atoms with Crippen LogP contribution in [-0.2, 0) is 70.8 Å². The van der Waals surface area contributed by atoms with Gasteiger partial charge in [-0.1, -0.05) is 136 Å². The van der Waals surface area contributed by atoms with E-state index < -0.39 is 44.4 Å². The Morgan fingerprint density at radius 1 is 0.559 bits per heavy atom. The third-order valence-corrected chi connectivity index (χ3v) is 13.3. The Kier molecular flexibility index (Phi) is 40.3. The van der Waals surface area contributed by atoms with Gasteiger partial charge in [-0.25, -0.2) is 4.57 Å². The van der Waals surface area contributed by atoms with Gasteiger partial charge < -0.3 is 33.3 Å². The summed E-state index contributed by atoms with van der Waals surface area (Å²) >= 11 is 1.50. The first-order chi connectivity index (χ1) is 32.9. The van der Waals surface area contributed by atoms with Crippen LogP contribution in [0.2, 0.25) is 0 Å². The van der Waals surface area contributed by atoms with Crippen LogP contribution in [0.25, 0.3) is 0 Å². The van der Waals surface area contributed by atoms with E-state index in [-0.39, 0.29) is 115 Å². The zero-order valence-corrected chi connectivity index (χ0v) is 43.6. The number of unbranched alkanes of at least 4 members (excludes halogenated alkanes) is 18. The lowest BCUT2D eigenvalue weighted by atomic mass is 10.1. The quantitative estimate of drug-likeness (QED) is 0.0197. The zero-order valence-electron chi connectivity index (χ0n) is 41.9. The summed E-state index contributed by atoms with van der Waals surface area (Å²) in [7, 11) is -4.61. The van der Waals surface area contributed by atoms with Crippen LogP contribution in [0.5, 0.6) is 0 Å². The normalized spacial score (nSPS) is 15.1. The number of carbonyl (C=O) groups excluding carboxylic acids is 6. The number of carbonyl (C=O) groups is 6. The summed E-state index contributed by atoms with van der Waals surface area (Å²) in [5, 5.41) is -0.376. The molecule has 1 aliphatic heterocycles. The van der Waals surface area contributed by atoms with Gasteiger partial charge in [0, 0.05) is 32.2 Å². The molecular formula is C49H88NO16PS. The minimum Gasteiger partial charge on any atom is -0.463 e. The highest BCUT2D eigenvalue weighted by atomic mass is 32.2. The number of likely N-dealkylation sites (tertiary alicyclic amines) is 1. The van der Waals surface area contributed by atoms with Crippen LogP contribution in [0.3, 0.4) is 0 Å². The highest BCUT2D eigenvalue weighted by Gasteiger charge is 2.38. The molecule has 17 nitrogen and oxygen atoms in total. The average molecular weight is 1010 g/mol. The Morgan fingerprint density at radius 2 is 1.01 bits per heavy atom. The van der Waals surface area contributed by atoms with Crippen LogP contribution in [0, 0.1) is 0 Å². The van der Waals surface area contributed by atoms with Crippen molar-refractivity contribution >= 4 is 55.3 Å². The predicted molar refractivity (Wildman–Crippen MR) is 261 cm³/mol. The van der Waals surface area contributed by atoms with Crippen LogP contribution < -0.4 is 0 Å². The highest BCUT2D eigenvalue weighted by molar-refractivity contribution is 8.00. The number of phosphoric acid groups is 1. The van der Waals surface area contributed by atoms with E-state index in [1.165, 1.54) is 76.0 Å². The molecule has 1 fully saturated rings. The number of rotatable bonds is 48. The molecule has 19 heteroatoms. The third-order valence-electron chi connectivity index (χ3n) is 11.1. The van der Waals surface area contributed by atoms with Crippen molar-refractivity contribution in [3.8, 4) is 0 Å². The minimum absolute atomic E-state index is 0.00186. The maximum atomic E-state index is 12.7. The molecule has 1 rings (SSSR count). The smallest absolute Gasteiger partial charge is 0.463 e. The van der Waals surface area contributed by atoms with E-state index in [1.54, 1.807) is 0 Å². The lowest BCUT2D eigenvalue weighted by Gasteiger charge is -2.20. The number of hydrogen-bond acceptors (Lipinski definition) is 16. The maximum Gasteiger partial charge on any atom is 0.472 e. The molecule has 1 saturated heterocycles. The molecule has 1 N–H and O–H groups in total. The van der Waals surface area contributed by atoms with Gasteiger partial charge in [0.05, 0.1) is 51.3 Å². The van der Waals surface area contributed by atoms with Crippen molar-refractivity contribution in [3.63, 3.8) is 0 Å². The monoisotopic (exact) mass is 1010 g/mol. The van der Waals surface area contributed by atoms with E-state index in [4.69, 9.17) is 37.5 Å². The number of phosphoric ester groups is 1. The van der Waals surface area contributed by atoms with Crippen molar-refractivity contribution in [2.24, 2.45) is 0 Å². The molecule has 0 aromatic heterocycles. The summed E-state index contributed by atoms with van der Waals surface area (Å²) in [5.41, 5.74) is 0. The van der Waals surface area contributed by atoms with Crippen molar-refractivity contribution in [3.05, 3.63) is 0 Å². The van der Waals surface area contributed by atoms with E-state index >= 15 is 0 Å². The largest absolute Gasteiger partial charge is 0.472 e. The third kappa shape index (κ3) is 36.4. The average Bonchev–Trinajstić information content (AvgIpc) is 3.59. The number of nitrogens with zero attached hydrogens (tertiary/aromatic N) is 1. The van der Waals surface area contributed by atoms with Gasteiger partial charge in [-0.3, -0.25) is 42.7 Å². The van der Waals surface area contributed by atoms with Gasteiger partial charge in [0.25, 0.3) is 0 Å². The van der Waals surface area contributed by atoms with Gasteiger partial charge in [-0.15, -0.1) is 11.8 Å². The van der Waals surface area contributed by atoms with Crippen molar-refractivity contribution in [1.82, 2.24) is 4.90 Å². The molecular weight excluding hydrogens is 922 g/mol. The maximum absolute atomic E-state index is 12.7. The fourth-order valence-corrected chi connectivity index (χ4v) is 9.06. The first-order valence-electron chi connectivity index (χ1n) is 25.8. The molecule has 68 heavy (non-hydrogen) atoms. The molecule has 1 heterocycles. The Hall–Kier alpha value is -2.60. The van der Waals surface area contributed by atoms with Gasteiger partial charge in [0.2, 0.25) is 11.8 Å². The van der Waals surface area contributed by atoms with Crippen LogP contribution in [0.4, 0.5) is 0 Å². The van der Waals surface area contributed by atoms with Crippen LogP contribution >= 0.6 is 19.6 Å². The van der Waals surface area contributed by atoms with Crippen molar-refractivity contribution in [2.45, 2.75) is 205 Å². The van der Waals surface area contributed by atoms with Gasteiger partial charge in [0.15, 0.2) is 6.10 Å². The number of imide groups is 1. The molecule has 0 saturated carbocycles. The molecule has 396 valence electrons. The van der Waals surface area contributed by atoms with Crippen molar-refractivity contribution in [2.75, 3.05) is 71.8 Å². The first kappa shape index (κ1) is 63.4. The SMILES string of the molecule is CCCCCCCCCCCC(=O)OCC(COP(=O)(O)OCCCC(=O)OCCOCCOCCOC(=O)CCN1C(=O)CC(SCCCCC)C1=O)OC(=O)CCCCCCCCCCC. The Bertz CT molecular complexity index is 1410. The number of ether oxygens (including phenoxy) is 6.